The van der Waals surface area contributed by atoms with Crippen molar-refractivity contribution in [2.75, 3.05) is 0 Å². The molecular weight excluding hydrogens is 160 g/mol. The molecule has 4 aliphatic rings. The van der Waals surface area contributed by atoms with Crippen LogP contribution in [0.2, 0.25) is 0 Å². The van der Waals surface area contributed by atoms with Crippen molar-refractivity contribution >= 4 is 5.94 Å². The molecule has 0 amide bonds. The minimum absolute atomic E-state index is 0.706. The van der Waals surface area contributed by atoms with E-state index < -0.39 is 0 Å². The van der Waals surface area contributed by atoms with Crippen LogP contribution in [0.25, 0.3) is 0 Å². The third-order valence-corrected chi connectivity index (χ3v) is 4.21. The van der Waals surface area contributed by atoms with Gasteiger partial charge in [-0.3, -0.25) is 0 Å². The fraction of sp³-hybridized carbons (Fsp3) is 0.750. The Labute approximate surface area is 78.5 Å². The maximum atomic E-state index is 10.3. The zero-order valence-corrected chi connectivity index (χ0v) is 7.75. The van der Waals surface area contributed by atoms with Gasteiger partial charge in [0, 0.05) is 0 Å². The highest BCUT2D eigenvalue weighted by atomic mass is 16.1. The summed E-state index contributed by atoms with van der Waals surface area (Å²) in [7, 11) is 0. The Balaban J connectivity index is 2.02. The normalized spacial score (nSPS) is 46.0. The first-order valence-electron chi connectivity index (χ1n) is 5.36. The molecule has 1 heteroatoms. The Morgan fingerprint density at radius 2 is 1.46 bits per heavy atom. The van der Waals surface area contributed by atoms with Gasteiger partial charge in [0.25, 0.3) is 0 Å². The van der Waals surface area contributed by atoms with Crippen molar-refractivity contribution in [1.29, 1.82) is 0 Å². The largest absolute Gasteiger partial charge is 0.224 e. The number of carbonyl (C=O) groups excluding carboxylic acids is 1. The summed E-state index contributed by atoms with van der Waals surface area (Å²) in [4.78, 5) is 10.3. The van der Waals surface area contributed by atoms with Gasteiger partial charge in [0.15, 0.2) is 5.94 Å². The Morgan fingerprint density at radius 3 is 1.92 bits per heavy atom. The minimum Gasteiger partial charge on any atom is -0.224 e. The molecule has 0 N–H and O–H groups in total. The monoisotopic (exact) mass is 174 g/mol. The van der Waals surface area contributed by atoms with Gasteiger partial charge in [-0.2, -0.15) is 0 Å². The second-order valence-corrected chi connectivity index (χ2v) is 4.99. The van der Waals surface area contributed by atoms with Crippen molar-refractivity contribution in [2.24, 2.45) is 23.7 Å². The van der Waals surface area contributed by atoms with Crippen LogP contribution in [0, 0.1) is 23.7 Å². The van der Waals surface area contributed by atoms with Crippen molar-refractivity contribution in [3.05, 3.63) is 11.3 Å². The molecule has 0 spiro atoms. The first-order valence-corrected chi connectivity index (χ1v) is 5.36. The van der Waals surface area contributed by atoms with E-state index in [9.17, 15) is 4.79 Å². The SMILES string of the molecule is O=C=C=C1C2CC3CC(C2)CC1C3. The van der Waals surface area contributed by atoms with Gasteiger partial charge in [-0.05, 0) is 67.1 Å². The van der Waals surface area contributed by atoms with Gasteiger partial charge in [-0.25, -0.2) is 4.79 Å². The number of rotatable bonds is 0. The van der Waals surface area contributed by atoms with E-state index in [1.807, 2.05) is 5.94 Å². The average Bonchev–Trinajstić information content (AvgIpc) is 2.10. The predicted octanol–water partition coefficient (Wildman–Crippen LogP) is 2.36. The minimum atomic E-state index is 0.706. The Bertz CT molecular complexity index is 286. The van der Waals surface area contributed by atoms with Crippen LogP contribution >= 0.6 is 0 Å². The highest BCUT2D eigenvalue weighted by Gasteiger charge is 2.45. The van der Waals surface area contributed by atoms with Crippen LogP contribution in [-0.4, -0.2) is 5.94 Å². The highest BCUT2D eigenvalue weighted by molar-refractivity contribution is 5.46. The Morgan fingerprint density at radius 1 is 0.923 bits per heavy atom. The molecule has 0 aliphatic heterocycles. The maximum Gasteiger partial charge on any atom is 0.177 e. The molecule has 0 saturated heterocycles. The third kappa shape index (κ3) is 1.05. The van der Waals surface area contributed by atoms with Gasteiger partial charge < -0.3 is 0 Å². The number of hydrogen-bond donors (Lipinski definition) is 0. The van der Waals surface area contributed by atoms with Gasteiger partial charge in [0.05, 0.1) is 0 Å². The van der Waals surface area contributed by atoms with Gasteiger partial charge in [0.2, 0.25) is 0 Å². The second kappa shape index (κ2) is 2.61. The van der Waals surface area contributed by atoms with Crippen molar-refractivity contribution in [2.45, 2.75) is 32.1 Å². The van der Waals surface area contributed by atoms with Crippen LogP contribution in [0.3, 0.4) is 0 Å². The number of allylic oxidation sites excluding steroid dienone is 1. The molecule has 4 rings (SSSR count). The first-order chi connectivity index (χ1) is 6.36. The maximum absolute atomic E-state index is 10.3. The van der Waals surface area contributed by atoms with E-state index in [1.54, 1.807) is 0 Å². The summed E-state index contributed by atoms with van der Waals surface area (Å²) in [6.07, 6.45) is 6.78. The van der Waals surface area contributed by atoms with Crippen molar-refractivity contribution < 1.29 is 4.79 Å². The Hall–Kier alpha value is -0.770. The van der Waals surface area contributed by atoms with E-state index >= 15 is 0 Å². The molecular formula is C12H14O. The summed E-state index contributed by atoms with van der Waals surface area (Å²) in [5.74, 6) is 5.21. The third-order valence-electron chi connectivity index (χ3n) is 4.21. The van der Waals surface area contributed by atoms with Crippen LogP contribution in [-0.2, 0) is 4.79 Å². The van der Waals surface area contributed by atoms with Gasteiger partial charge in [-0.15, -0.1) is 0 Å². The van der Waals surface area contributed by atoms with E-state index in [0.717, 1.165) is 11.8 Å². The molecule has 0 unspecified atom stereocenters. The first kappa shape index (κ1) is 7.62. The Kier molecular flexibility index (Phi) is 1.53. The molecule has 13 heavy (non-hydrogen) atoms. The summed E-state index contributed by atoms with van der Waals surface area (Å²) < 4.78 is 0. The molecule has 0 aromatic rings. The molecule has 4 aliphatic carbocycles. The fourth-order valence-electron chi connectivity index (χ4n) is 3.95. The van der Waals surface area contributed by atoms with Gasteiger partial charge in [0.1, 0.15) is 0 Å². The lowest BCUT2D eigenvalue weighted by Crippen LogP contribution is -2.40. The van der Waals surface area contributed by atoms with Crippen LogP contribution in [0.1, 0.15) is 32.1 Å². The predicted molar refractivity (Wildman–Crippen MR) is 49.8 cm³/mol. The molecule has 4 saturated carbocycles. The smallest absolute Gasteiger partial charge is 0.177 e. The van der Waals surface area contributed by atoms with Gasteiger partial charge in [-0.1, -0.05) is 0 Å². The molecule has 0 atom stereocenters. The summed E-state index contributed by atoms with van der Waals surface area (Å²) in [6.45, 7) is 0. The summed E-state index contributed by atoms with van der Waals surface area (Å²) in [5.41, 5.74) is 4.16. The summed E-state index contributed by atoms with van der Waals surface area (Å²) >= 11 is 0. The lowest BCUT2D eigenvalue weighted by Gasteiger charge is -2.50. The van der Waals surface area contributed by atoms with Gasteiger partial charge >= 0.3 is 0 Å². The zero-order chi connectivity index (χ0) is 8.84. The summed E-state index contributed by atoms with van der Waals surface area (Å²) in [6, 6.07) is 0. The fourth-order valence-corrected chi connectivity index (χ4v) is 3.95. The van der Waals surface area contributed by atoms with Crippen LogP contribution < -0.4 is 0 Å². The molecule has 68 valence electrons. The van der Waals surface area contributed by atoms with Crippen LogP contribution in [0.5, 0.6) is 0 Å². The molecule has 0 radical (unpaired) electrons. The standard InChI is InChI=1S/C12H14O/c13-2-1-12-10-4-8-3-9(6-10)7-11(12)5-8/h8-11H,3-7H2. The van der Waals surface area contributed by atoms with Crippen molar-refractivity contribution in [3.8, 4) is 0 Å². The molecule has 1 nitrogen and oxygen atoms in total. The quantitative estimate of drug-likeness (QED) is 0.407. The topological polar surface area (TPSA) is 17.1 Å². The summed E-state index contributed by atoms with van der Waals surface area (Å²) in [5, 5.41) is 0. The lowest BCUT2D eigenvalue weighted by atomic mass is 9.54. The second-order valence-electron chi connectivity index (χ2n) is 4.99. The van der Waals surface area contributed by atoms with E-state index in [1.165, 1.54) is 37.7 Å². The van der Waals surface area contributed by atoms with Crippen LogP contribution in [0.4, 0.5) is 0 Å². The van der Waals surface area contributed by atoms with Crippen molar-refractivity contribution in [3.63, 3.8) is 0 Å². The van der Waals surface area contributed by atoms with Crippen LogP contribution in [0.15, 0.2) is 11.3 Å². The zero-order valence-electron chi connectivity index (χ0n) is 7.75. The van der Waals surface area contributed by atoms with E-state index in [0.29, 0.717) is 11.8 Å². The van der Waals surface area contributed by atoms with E-state index in [4.69, 9.17) is 0 Å². The molecule has 0 aromatic heterocycles. The van der Waals surface area contributed by atoms with E-state index in [2.05, 4.69) is 5.73 Å². The van der Waals surface area contributed by atoms with E-state index in [-0.39, 0.29) is 0 Å². The molecule has 0 heterocycles. The molecule has 4 bridgehead atoms. The van der Waals surface area contributed by atoms with Crippen molar-refractivity contribution in [1.82, 2.24) is 0 Å². The average molecular weight is 174 g/mol. The lowest BCUT2D eigenvalue weighted by molar-refractivity contribution is 0.0701. The highest BCUT2D eigenvalue weighted by Crippen LogP contribution is 2.55. The molecule has 0 aromatic carbocycles. The number of hydrogen-bond acceptors (Lipinski definition) is 1. The molecule has 4 fully saturated rings.